The van der Waals surface area contributed by atoms with E-state index in [0.717, 1.165) is 52.9 Å². The number of hydrogen-bond donors (Lipinski definition) is 0. The summed E-state index contributed by atoms with van der Waals surface area (Å²) in [4.78, 5) is 0. The van der Waals surface area contributed by atoms with Gasteiger partial charge >= 0.3 is 0 Å². The molecule has 0 saturated carbocycles. The number of hydrogen-bond acceptors (Lipinski definition) is 4. The first-order valence-corrected chi connectivity index (χ1v) is 4.31. The second-order valence-electron chi connectivity index (χ2n) is 2.45. The van der Waals surface area contributed by atoms with Crippen LogP contribution >= 0.6 is 0 Å². The molecule has 72 valence electrons. The molecule has 0 unspecified atom stereocenters. The molecule has 4 heteroatoms. The van der Waals surface area contributed by atoms with Gasteiger partial charge in [0.25, 0.3) is 0 Å². The fraction of sp³-hybridized carbons (Fsp3) is 1.00. The van der Waals surface area contributed by atoms with Crippen molar-refractivity contribution in [3.63, 3.8) is 0 Å². The van der Waals surface area contributed by atoms with E-state index in [1.165, 1.54) is 0 Å². The van der Waals surface area contributed by atoms with Crippen LogP contribution in [0.15, 0.2) is 0 Å². The third-order valence-corrected chi connectivity index (χ3v) is 1.49. The molecule has 4 nitrogen and oxygen atoms in total. The van der Waals surface area contributed by atoms with Gasteiger partial charge in [0.15, 0.2) is 0 Å². The summed E-state index contributed by atoms with van der Waals surface area (Å²) in [5.41, 5.74) is 0. The molecule has 0 amide bonds. The molecule has 2 heterocycles. The second-order valence-corrected chi connectivity index (χ2v) is 2.45. The van der Waals surface area contributed by atoms with E-state index < -0.39 is 0 Å². The van der Waals surface area contributed by atoms with Gasteiger partial charge in [-0.15, -0.1) is 0 Å². The van der Waals surface area contributed by atoms with Gasteiger partial charge in [-0.05, 0) is 0 Å². The molecule has 0 aromatic carbocycles. The lowest BCUT2D eigenvalue weighted by Gasteiger charge is -2.09. The molecule has 0 spiro atoms. The van der Waals surface area contributed by atoms with Crippen molar-refractivity contribution in [2.75, 3.05) is 52.9 Å². The first kappa shape index (κ1) is 9.92. The summed E-state index contributed by atoms with van der Waals surface area (Å²) >= 11 is 0. The Balaban J connectivity index is 0.000000120. The zero-order chi connectivity index (χ0) is 8.49. The summed E-state index contributed by atoms with van der Waals surface area (Å²) in [7, 11) is 0. The van der Waals surface area contributed by atoms with Gasteiger partial charge < -0.3 is 18.9 Å². The van der Waals surface area contributed by atoms with Gasteiger partial charge in [0.1, 0.15) is 0 Å². The molecule has 2 aliphatic heterocycles. The molecule has 2 fully saturated rings. The fourth-order valence-corrected chi connectivity index (χ4v) is 0.880. The smallest absolute Gasteiger partial charge is 0.0701 e. The second kappa shape index (κ2) is 7.49. The predicted octanol–water partition coefficient (Wildman–Crippen LogP) is 0.0664. The quantitative estimate of drug-likeness (QED) is 0.523. The first-order chi connectivity index (χ1) is 6.00. The van der Waals surface area contributed by atoms with Crippen LogP contribution in [0.25, 0.3) is 0 Å². The molecule has 0 radical (unpaired) electrons. The Kier molecular flexibility index (Phi) is 6.19. The molecule has 0 aromatic heterocycles. The topological polar surface area (TPSA) is 36.9 Å². The molecule has 0 N–H and O–H groups in total. The van der Waals surface area contributed by atoms with Crippen LogP contribution in [-0.2, 0) is 18.9 Å². The molecule has 0 atom stereocenters. The van der Waals surface area contributed by atoms with Crippen molar-refractivity contribution in [3.8, 4) is 0 Å². The van der Waals surface area contributed by atoms with Crippen molar-refractivity contribution in [2.24, 2.45) is 0 Å². The van der Waals surface area contributed by atoms with Crippen molar-refractivity contribution >= 4 is 0 Å². The Labute approximate surface area is 72.7 Å². The van der Waals surface area contributed by atoms with Crippen LogP contribution in [0, 0.1) is 0 Å². The van der Waals surface area contributed by atoms with E-state index in [4.69, 9.17) is 18.9 Å². The van der Waals surface area contributed by atoms with E-state index in [9.17, 15) is 0 Å². The highest BCUT2D eigenvalue weighted by atomic mass is 16.6. The summed E-state index contributed by atoms with van der Waals surface area (Å²) in [5, 5.41) is 0. The first-order valence-electron chi connectivity index (χ1n) is 4.31. The number of rotatable bonds is 0. The van der Waals surface area contributed by atoms with E-state index in [2.05, 4.69) is 0 Å². The van der Waals surface area contributed by atoms with Crippen LogP contribution in [0.2, 0.25) is 0 Å². The van der Waals surface area contributed by atoms with Crippen LogP contribution in [0.4, 0.5) is 0 Å². The van der Waals surface area contributed by atoms with Crippen LogP contribution < -0.4 is 0 Å². The lowest BCUT2D eigenvalue weighted by Crippen LogP contribution is -2.16. The Morgan fingerprint density at radius 3 is 0.583 bits per heavy atom. The van der Waals surface area contributed by atoms with Gasteiger partial charge in [-0.3, -0.25) is 0 Å². The maximum Gasteiger partial charge on any atom is 0.0701 e. The average Bonchev–Trinajstić information content (AvgIpc) is 2.24. The summed E-state index contributed by atoms with van der Waals surface area (Å²) in [6, 6.07) is 0. The van der Waals surface area contributed by atoms with Crippen LogP contribution in [-0.4, -0.2) is 52.9 Å². The largest absolute Gasteiger partial charge is 0.377 e. The van der Waals surface area contributed by atoms with Gasteiger partial charge in [-0.1, -0.05) is 0 Å². The summed E-state index contributed by atoms with van der Waals surface area (Å²) in [6.45, 7) is 6.22. The molecule has 2 aliphatic rings. The minimum atomic E-state index is 0.778. The van der Waals surface area contributed by atoms with Crippen LogP contribution in [0.3, 0.4) is 0 Å². The minimum Gasteiger partial charge on any atom is -0.377 e. The zero-order valence-electron chi connectivity index (χ0n) is 7.29. The third-order valence-electron chi connectivity index (χ3n) is 1.49. The van der Waals surface area contributed by atoms with Gasteiger partial charge in [0.05, 0.1) is 52.9 Å². The van der Waals surface area contributed by atoms with Gasteiger partial charge in [0, 0.05) is 0 Å². The van der Waals surface area contributed by atoms with Crippen molar-refractivity contribution in [2.45, 2.75) is 0 Å². The maximum absolute atomic E-state index is 4.94. The lowest BCUT2D eigenvalue weighted by molar-refractivity contribution is -0.0334. The predicted molar refractivity (Wildman–Crippen MR) is 43.3 cm³/mol. The van der Waals surface area contributed by atoms with Crippen LogP contribution in [0.5, 0.6) is 0 Å². The van der Waals surface area contributed by atoms with E-state index in [0.29, 0.717) is 0 Å². The zero-order valence-corrected chi connectivity index (χ0v) is 7.29. The monoisotopic (exact) mass is 176 g/mol. The standard InChI is InChI=1S/2C4H8O2/c2*1-2-6-4-3-5-1/h2*1-4H2. The number of ether oxygens (including phenoxy) is 4. The SMILES string of the molecule is C1COCCO1.C1COCCO1. The Morgan fingerprint density at radius 1 is 0.333 bits per heavy atom. The maximum atomic E-state index is 4.94. The molecular weight excluding hydrogens is 160 g/mol. The van der Waals surface area contributed by atoms with E-state index in [-0.39, 0.29) is 0 Å². The van der Waals surface area contributed by atoms with E-state index >= 15 is 0 Å². The highest BCUT2D eigenvalue weighted by Crippen LogP contribution is 1.85. The van der Waals surface area contributed by atoms with Crippen molar-refractivity contribution in [1.82, 2.24) is 0 Å². The van der Waals surface area contributed by atoms with E-state index in [1.807, 2.05) is 0 Å². The van der Waals surface area contributed by atoms with Crippen molar-refractivity contribution in [3.05, 3.63) is 0 Å². The van der Waals surface area contributed by atoms with Crippen molar-refractivity contribution < 1.29 is 18.9 Å². The third kappa shape index (κ3) is 5.49. The molecule has 2 rings (SSSR count). The minimum absolute atomic E-state index is 0.778. The molecule has 12 heavy (non-hydrogen) atoms. The summed E-state index contributed by atoms with van der Waals surface area (Å²) in [6.07, 6.45) is 0. The Hall–Kier alpha value is -0.160. The molecule has 0 aliphatic carbocycles. The highest BCUT2D eigenvalue weighted by Gasteiger charge is 1.94. The normalized spacial score (nSPS) is 24.0. The average molecular weight is 176 g/mol. The van der Waals surface area contributed by atoms with Crippen LogP contribution in [0.1, 0.15) is 0 Å². The lowest BCUT2D eigenvalue weighted by atomic mass is 10.6. The Bertz CT molecular complexity index is 54.0. The summed E-state index contributed by atoms with van der Waals surface area (Å²) in [5.74, 6) is 0. The fourth-order valence-electron chi connectivity index (χ4n) is 0.880. The van der Waals surface area contributed by atoms with Gasteiger partial charge in [-0.2, -0.15) is 0 Å². The van der Waals surface area contributed by atoms with Gasteiger partial charge in [-0.25, -0.2) is 0 Å². The van der Waals surface area contributed by atoms with Gasteiger partial charge in [0.2, 0.25) is 0 Å². The molecule has 0 aromatic rings. The van der Waals surface area contributed by atoms with Crippen molar-refractivity contribution in [1.29, 1.82) is 0 Å². The highest BCUT2D eigenvalue weighted by molar-refractivity contribution is 4.37. The molecule has 2 saturated heterocycles. The molecule has 0 bridgehead atoms. The molecular formula is C8H16O4. The Morgan fingerprint density at radius 2 is 0.500 bits per heavy atom. The van der Waals surface area contributed by atoms with E-state index in [1.54, 1.807) is 0 Å². The summed E-state index contributed by atoms with van der Waals surface area (Å²) < 4.78 is 19.8.